The maximum Gasteiger partial charge on any atom is 0.417 e. The van der Waals surface area contributed by atoms with Crippen molar-refractivity contribution in [3.8, 4) is 57.5 Å². The molecule has 0 atom stereocenters. The zero-order valence-corrected chi connectivity index (χ0v) is 49.8. The summed E-state index contributed by atoms with van der Waals surface area (Å²) in [6, 6.07) is 20.2. The SMILES string of the molecule is CCCCCCCCCCCCC(=O)OCc1cc(OCc2cc(Oc3ccc(C(N)=O)c(C(F)(F)F)c3)cc(Oc3ccc(C(N)=O)c(C(F)(F)F)c3)c2)cc(OCc2cc(Oc3ccc(C(N)=O)c(C(F)(F)F)c3)cc(Oc3ccc(C(N)=O)c(C(F)(F)F)c3)c2)c1. The van der Waals surface area contributed by atoms with Gasteiger partial charge in [0.05, 0.1) is 44.5 Å². The van der Waals surface area contributed by atoms with Crippen LogP contribution in [0.25, 0.3) is 0 Å². The normalized spacial score (nSPS) is 11.8. The number of alkyl halides is 12. The first-order valence-electron chi connectivity index (χ1n) is 28.8. The average Bonchev–Trinajstić information content (AvgIpc) is 0.843. The number of carbonyl (C=O) groups excluding carboxylic acids is 5. The zero-order chi connectivity index (χ0) is 68.7. The number of esters is 1. The lowest BCUT2D eigenvalue weighted by Gasteiger charge is -2.17. The monoisotopic (exact) mass is 1330 g/mol. The van der Waals surface area contributed by atoms with E-state index in [9.17, 15) is 76.7 Å². The van der Waals surface area contributed by atoms with Crippen molar-refractivity contribution in [3.63, 3.8) is 0 Å². The Kier molecular flexibility index (Phi) is 23.5. The second kappa shape index (κ2) is 31.0. The quantitative estimate of drug-likeness (QED) is 0.0180. The lowest BCUT2D eigenvalue weighted by molar-refractivity contribution is -0.145. The fraction of sp³-hybridized carbons (Fsp3) is 0.288. The number of primary amides is 4. The standard InChI is InChI=1S/C66H60F12N4O12/c1-2-3-4-5-6-7-8-9-10-11-12-58(83)90-36-37-21-44(88-34-38-23-46(91-40-13-17-50(59(79)84)54(30-40)63(67,68)69)28-47(24-38)92-41-14-18-51(60(80)85)55(31-41)64(70,71)72)27-45(22-37)89-35-39-25-48(93-42-15-19-52(61(81)86)56(32-42)65(73,74)75)29-49(26-39)94-43-16-20-53(62(82)87)57(33-43)66(76,77)78/h13-33H,2-12,34-36H2,1H3,(H2,79,84)(H2,80,85)(H2,81,86)(H2,82,87). The van der Waals surface area contributed by atoms with Crippen molar-refractivity contribution in [2.75, 3.05) is 0 Å². The van der Waals surface area contributed by atoms with Crippen molar-refractivity contribution in [3.05, 3.63) is 189 Å². The third-order valence-corrected chi connectivity index (χ3v) is 14.0. The fourth-order valence-corrected chi connectivity index (χ4v) is 9.56. The molecule has 0 saturated carbocycles. The van der Waals surface area contributed by atoms with Gasteiger partial charge >= 0.3 is 30.7 Å². The molecular formula is C66H60F12N4O12. The van der Waals surface area contributed by atoms with E-state index in [4.69, 9.17) is 56.1 Å². The number of hydrogen-bond acceptors (Lipinski definition) is 12. The summed E-state index contributed by atoms with van der Waals surface area (Å²) in [5.41, 5.74) is 11.7. The Hall–Kier alpha value is -10.2. The van der Waals surface area contributed by atoms with Gasteiger partial charge in [-0.15, -0.1) is 0 Å². The number of amides is 4. The molecule has 0 aliphatic rings. The second-order valence-corrected chi connectivity index (χ2v) is 21.3. The van der Waals surface area contributed by atoms with E-state index in [0.717, 1.165) is 106 Å². The Morgan fingerprint density at radius 3 is 0.851 bits per heavy atom. The van der Waals surface area contributed by atoms with Crippen molar-refractivity contribution in [2.24, 2.45) is 22.9 Å². The predicted molar refractivity (Wildman–Crippen MR) is 314 cm³/mol. The predicted octanol–water partition coefficient (Wildman–Crippen LogP) is 16.8. The van der Waals surface area contributed by atoms with Crippen LogP contribution in [0.1, 0.15) is 158 Å². The van der Waals surface area contributed by atoms with Gasteiger partial charge in [0.25, 0.3) is 0 Å². The summed E-state index contributed by atoms with van der Waals surface area (Å²) in [6.07, 6.45) is -10.3. The van der Waals surface area contributed by atoms with Crippen molar-refractivity contribution in [1.82, 2.24) is 0 Å². The summed E-state index contributed by atoms with van der Waals surface area (Å²) in [5.74, 6) is -9.45. The van der Waals surface area contributed by atoms with E-state index < -0.39 is 135 Å². The Morgan fingerprint density at radius 2 is 0.574 bits per heavy atom. The summed E-state index contributed by atoms with van der Waals surface area (Å²) in [7, 11) is 0. The van der Waals surface area contributed by atoms with Crippen LogP contribution in [0.4, 0.5) is 52.7 Å². The van der Waals surface area contributed by atoms with Crippen molar-refractivity contribution >= 4 is 29.6 Å². The number of rotatable bonds is 31. The third kappa shape index (κ3) is 20.7. The maximum atomic E-state index is 14.2. The van der Waals surface area contributed by atoms with Crippen LogP contribution in [0.3, 0.4) is 0 Å². The van der Waals surface area contributed by atoms with Gasteiger partial charge in [-0.3, -0.25) is 24.0 Å². The molecule has 0 radical (unpaired) electrons. The molecule has 7 rings (SSSR count). The summed E-state index contributed by atoms with van der Waals surface area (Å²) in [6.45, 7) is 0.744. The minimum Gasteiger partial charge on any atom is -0.489 e. The summed E-state index contributed by atoms with van der Waals surface area (Å²) in [4.78, 5) is 60.9. The van der Waals surface area contributed by atoms with Crippen LogP contribution in [0.15, 0.2) is 127 Å². The van der Waals surface area contributed by atoms with Gasteiger partial charge in [-0.25, -0.2) is 0 Å². The molecule has 500 valence electrons. The van der Waals surface area contributed by atoms with Crippen LogP contribution in [-0.4, -0.2) is 29.6 Å². The molecule has 28 heteroatoms. The molecule has 16 nitrogen and oxygen atoms in total. The van der Waals surface area contributed by atoms with Gasteiger partial charge < -0.3 is 56.1 Å². The van der Waals surface area contributed by atoms with Gasteiger partial charge in [-0.1, -0.05) is 64.7 Å². The van der Waals surface area contributed by atoms with E-state index in [-0.39, 0.29) is 64.2 Å². The van der Waals surface area contributed by atoms with Crippen molar-refractivity contribution in [1.29, 1.82) is 0 Å². The van der Waals surface area contributed by atoms with Gasteiger partial charge in [0, 0.05) is 24.6 Å². The first kappa shape index (κ1) is 71.3. The van der Waals surface area contributed by atoms with E-state index in [2.05, 4.69) is 6.92 Å². The van der Waals surface area contributed by atoms with Gasteiger partial charge in [0.15, 0.2) is 0 Å². The molecule has 4 amide bonds. The molecule has 0 aromatic heterocycles. The molecule has 0 aliphatic heterocycles. The number of unbranched alkanes of at least 4 members (excludes halogenated alkanes) is 9. The Morgan fingerprint density at radius 1 is 0.319 bits per heavy atom. The van der Waals surface area contributed by atoms with Crippen LogP contribution in [0.2, 0.25) is 0 Å². The summed E-state index contributed by atoms with van der Waals surface area (Å²) >= 11 is 0. The van der Waals surface area contributed by atoms with Gasteiger partial charge in [-0.05, 0) is 132 Å². The Labute approximate surface area is 528 Å². The molecule has 0 heterocycles. The van der Waals surface area contributed by atoms with Crippen LogP contribution >= 0.6 is 0 Å². The van der Waals surface area contributed by atoms with E-state index in [1.165, 1.54) is 55.3 Å². The van der Waals surface area contributed by atoms with Gasteiger partial charge in [0.2, 0.25) is 23.6 Å². The molecule has 8 N–H and O–H groups in total. The van der Waals surface area contributed by atoms with Crippen LogP contribution < -0.4 is 51.4 Å². The average molecular weight is 1330 g/mol. The highest BCUT2D eigenvalue weighted by Crippen LogP contribution is 2.42. The fourth-order valence-electron chi connectivity index (χ4n) is 9.56. The minimum atomic E-state index is -5.11. The highest BCUT2D eigenvalue weighted by Gasteiger charge is 2.39. The highest BCUT2D eigenvalue weighted by atomic mass is 19.4. The highest BCUT2D eigenvalue weighted by molar-refractivity contribution is 5.96. The number of hydrogen-bond donors (Lipinski definition) is 4. The second-order valence-electron chi connectivity index (χ2n) is 21.3. The Balaban J connectivity index is 1.23. The number of halogens is 12. The first-order valence-corrected chi connectivity index (χ1v) is 28.8. The van der Waals surface area contributed by atoms with Crippen LogP contribution in [0.5, 0.6) is 57.5 Å². The molecule has 0 saturated heterocycles. The van der Waals surface area contributed by atoms with Gasteiger partial charge in [-0.2, -0.15) is 52.7 Å². The molecular weight excluding hydrogens is 1270 g/mol. The molecule has 0 unspecified atom stereocenters. The molecule has 94 heavy (non-hydrogen) atoms. The smallest absolute Gasteiger partial charge is 0.417 e. The lowest BCUT2D eigenvalue weighted by Crippen LogP contribution is -2.18. The van der Waals surface area contributed by atoms with E-state index in [0.29, 0.717) is 30.7 Å². The molecule has 7 aromatic rings. The van der Waals surface area contributed by atoms with E-state index in [1.54, 1.807) is 0 Å². The number of ether oxygens (including phenoxy) is 7. The summed E-state index contributed by atoms with van der Waals surface area (Å²) in [5, 5.41) is 0. The molecule has 0 fully saturated rings. The molecule has 0 bridgehead atoms. The Bertz CT molecular complexity index is 3470. The number of nitrogens with two attached hydrogens (primary N) is 4. The van der Waals surface area contributed by atoms with E-state index >= 15 is 0 Å². The molecule has 0 spiro atoms. The van der Waals surface area contributed by atoms with Gasteiger partial charge in [0.1, 0.15) is 77.3 Å². The number of benzene rings is 7. The molecule has 0 aliphatic carbocycles. The first-order chi connectivity index (χ1) is 44.2. The number of carbonyl (C=O) groups is 5. The topological polar surface area (TPSA) is 254 Å². The van der Waals surface area contributed by atoms with Crippen molar-refractivity contribution in [2.45, 2.75) is 122 Å². The third-order valence-electron chi connectivity index (χ3n) is 14.0. The summed E-state index contributed by atoms with van der Waals surface area (Å²) < 4.78 is 211. The molecule has 7 aromatic carbocycles. The maximum absolute atomic E-state index is 14.2. The largest absolute Gasteiger partial charge is 0.489 e. The lowest BCUT2D eigenvalue weighted by atomic mass is 10.1. The van der Waals surface area contributed by atoms with E-state index in [1.807, 2.05) is 0 Å². The van der Waals surface area contributed by atoms with Crippen LogP contribution in [0, 0.1) is 0 Å². The zero-order valence-electron chi connectivity index (χ0n) is 49.8. The van der Waals surface area contributed by atoms with Crippen molar-refractivity contribution < 1.29 is 110 Å². The minimum absolute atomic E-state index is 0.0402. The van der Waals surface area contributed by atoms with Crippen LogP contribution in [-0.2, 0) is 54.1 Å².